The highest BCUT2D eigenvalue weighted by Crippen LogP contribution is 2.40. The highest BCUT2D eigenvalue weighted by molar-refractivity contribution is 6.00. The van der Waals surface area contributed by atoms with Crippen LogP contribution in [0.15, 0.2) is 52.9 Å². The van der Waals surface area contributed by atoms with Crippen LogP contribution in [0, 0.1) is 0 Å². The van der Waals surface area contributed by atoms with E-state index in [2.05, 4.69) is 12.2 Å². The van der Waals surface area contributed by atoms with Gasteiger partial charge in [-0.05, 0) is 41.8 Å². The molecule has 1 aliphatic rings. The van der Waals surface area contributed by atoms with E-state index in [-0.39, 0.29) is 12.2 Å². The lowest BCUT2D eigenvalue weighted by molar-refractivity contribution is -0.142. The van der Waals surface area contributed by atoms with E-state index in [0.717, 1.165) is 17.5 Å². The quantitative estimate of drug-likeness (QED) is 0.591. The third-order valence-electron chi connectivity index (χ3n) is 5.50. The fourth-order valence-electron chi connectivity index (χ4n) is 3.60. The van der Waals surface area contributed by atoms with Gasteiger partial charge in [0.1, 0.15) is 11.3 Å². The number of aliphatic carboxylic acids is 1. The van der Waals surface area contributed by atoms with Crippen LogP contribution >= 0.6 is 0 Å². The van der Waals surface area contributed by atoms with E-state index in [1.165, 1.54) is 0 Å². The molecule has 2 N–H and O–H groups in total. The van der Waals surface area contributed by atoms with E-state index in [4.69, 9.17) is 13.9 Å². The highest BCUT2D eigenvalue weighted by Gasteiger charge is 2.63. The minimum atomic E-state index is -1.45. The molecule has 7 nitrogen and oxygen atoms in total. The van der Waals surface area contributed by atoms with Gasteiger partial charge in [-0.15, -0.1) is 0 Å². The van der Waals surface area contributed by atoms with Crippen LogP contribution in [0.25, 0.3) is 11.0 Å². The number of carboxylic acid groups (broad SMARTS) is 1. The van der Waals surface area contributed by atoms with Crippen LogP contribution in [0.3, 0.4) is 0 Å². The first-order valence-corrected chi connectivity index (χ1v) is 9.78. The van der Waals surface area contributed by atoms with Gasteiger partial charge in [-0.3, -0.25) is 4.79 Å². The predicted octanol–water partition coefficient (Wildman–Crippen LogP) is 3.55. The van der Waals surface area contributed by atoms with Crippen LogP contribution in [-0.4, -0.2) is 35.7 Å². The first-order valence-electron chi connectivity index (χ1n) is 9.78. The minimum absolute atomic E-state index is 0.0425. The lowest BCUT2D eigenvalue weighted by Gasteiger charge is -2.15. The van der Waals surface area contributed by atoms with Crippen molar-refractivity contribution in [2.24, 2.45) is 0 Å². The van der Waals surface area contributed by atoms with Gasteiger partial charge in [-0.2, -0.15) is 0 Å². The summed E-state index contributed by atoms with van der Waals surface area (Å²) in [6.07, 6.45) is 0.464. The molecule has 0 saturated heterocycles. The minimum Gasteiger partial charge on any atom is -0.497 e. The summed E-state index contributed by atoms with van der Waals surface area (Å²) in [5, 5.41) is 13.0. The molecule has 1 aliphatic carbocycles. The van der Waals surface area contributed by atoms with E-state index in [0.29, 0.717) is 23.3 Å². The van der Waals surface area contributed by atoms with Crippen LogP contribution in [-0.2, 0) is 22.6 Å². The smallest absolute Gasteiger partial charge is 0.332 e. The Morgan fingerprint density at radius 2 is 1.97 bits per heavy atom. The average Bonchev–Trinajstić information content (AvgIpc) is 3.29. The number of hydrogen-bond donors (Lipinski definition) is 2. The third-order valence-corrected chi connectivity index (χ3v) is 5.50. The summed E-state index contributed by atoms with van der Waals surface area (Å²) in [5.41, 5.74) is 1.24. The molecule has 1 aromatic heterocycles. The van der Waals surface area contributed by atoms with Crippen molar-refractivity contribution in [2.45, 2.75) is 38.0 Å². The van der Waals surface area contributed by atoms with Crippen molar-refractivity contribution in [3.63, 3.8) is 0 Å². The monoisotopic (exact) mass is 409 g/mol. The molecule has 0 radical (unpaired) electrons. The van der Waals surface area contributed by atoms with Gasteiger partial charge in [0.05, 0.1) is 19.8 Å². The Hall–Kier alpha value is -3.32. The van der Waals surface area contributed by atoms with Crippen molar-refractivity contribution in [1.82, 2.24) is 5.32 Å². The van der Waals surface area contributed by atoms with Gasteiger partial charge in [0.15, 0.2) is 11.3 Å². The topological polar surface area (TPSA) is 98.0 Å². The number of carboxylic acids is 1. The normalized spacial score (nSPS) is 20.1. The molecule has 1 heterocycles. The average molecular weight is 409 g/mol. The number of carbonyl (C=O) groups is 2. The van der Waals surface area contributed by atoms with Crippen molar-refractivity contribution >= 4 is 22.8 Å². The van der Waals surface area contributed by atoms with E-state index < -0.39 is 23.5 Å². The fraction of sp³-hybridized carbons (Fsp3) is 0.304. The molecule has 3 aromatic rings. The van der Waals surface area contributed by atoms with Crippen LogP contribution < -0.4 is 10.1 Å². The first-order chi connectivity index (χ1) is 14.5. The van der Waals surface area contributed by atoms with Crippen molar-refractivity contribution in [2.75, 3.05) is 7.11 Å². The molecule has 2 aromatic carbocycles. The number of rotatable bonds is 8. The summed E-state index contributed by atoms with van der Waals surface area (Å²) in [4.78, 5) is 24.6. The Bertz CT molecular complexity index is 1100. The van der Waals surface area contributed by atoms with Gasteiger partial charge in [0.2, 0.25) is 0 Å². The number of nitrogens with one attached hydrogen (secondary N) is 1. The number of carbonyl (C=O) groups excluding carboxylic acids is 1. The lowest BCUT2D eigenvalue weighted by Crippen LogP contribution is -2.46. The zero-order valence-electron chi connectivity index (χ0n) is 16.8. The maximum absolute atomic E-state index is 12.7. The molecule has 1 saturated carbocycles. The summed E-state index contributed by atoms with van der Waals surface area (Å²) in [5.74, 6) is -1.03. The van der Waals surface area contributed by atoms with E-state index in [9.17, 15) is 14.7 Å². The number of methoxy groups -OCH3 is 1. The second kappa shape index (κ2) is 7.84. The van der Waals surface area contributed by atoms with Crippen molar-refractivity contribution in [3.8, 4) is 5.75 Å². The SMILES string of the molecule is CCc1ccccc1COC1CC1(NC(=O)c1cc2cc(OC)ccc2o1)C(=O)O. The zero-order valence-corrected chi connectivity index (χ0v) is 16.8. The van der Waals surface area contributed by atoms with E-state index >= 15 is 0 Å². The molecule has 1 fully saturated rings. The van der Waals surface area contributed by atoms with Crippen molar-refractivity contribution in [3.05, 3.63) is 65.4 Å². The first kappa shape index (κ1) is 20.0. The Labute approximate surface area is 173 Å². The number of ether oxygens (including phenoxy) is 2. The molecule has 7 heteroatoms. The number of aryl methyl sites for hydroxylation is 1. The third kappa shape index (κ3) is 3.64. The Morgan fingerprint density at radius 3 is 2.67 bits per heavy atom. The molecule has 2 atom stereocenters. The summed E-state index contributed by atoms with van der Waals surface area (Å²) in [6, 6.07) is 14.6. The van der Waals surface area contributed by atoms with Gasteiger partial charge in [0, 0.05) is 11.8 Å². The molecule has 30 heavy (non-hydrogen) atoms. The van der Waals surface area contributed by atoms with E-state index in [1.807, 2.05) is 24.3 Å². The molecule has 4 rings (SSSR count). The molecule has 156 valence electrons. The Kier molecular flexibility index (Phi) is 5.22. The molecule has 2 unspecified atom stereocenters. The number of hydrogen-bond acceptors (Lipinski definition) is 5. The summed E-state index contributed by atoms with van der Waals surface area (Å²) < 4.78 is 16.6. The zero-order chi connectivity index (χ0) is 21.3. The number of fused-ring (bicyclic) bond motifs is 1. The summed E-state index contributed by atoms with van der Waals surface area (Å²) >= 11 is 0. The Balaban J connectivity index is 1.46. The number of furan rings is 1. The molecule has 0 aliphatic heterocycles. The van der Waals surface area contributed by atoms with Gasteiger partial charge in [-0.25, -0.2) is 4.79 Å². The van der Waals surface area contributed by atoms with E-state index in [1.54, 1.807) is 31.4 Å². The standard InChI is InChI=1S/C23H23NO6/c1-3-14-6-4-5-7-15(14)13-29-20-12-23(20,22(26)27)24-21(25)19-11-16-10-17(28-2)8-9-18(16)30-19/h4-11,20H,3,12-13H2,1-2H3,(H,24,25)(H,26,27). The summed E-state index contributed by atoms with van der Waals surface area (Å²) in [6.45, 7) is 2.35. The second-order valence-electron chi connectivity index (χ2n) is 7.37. The molecule has 1 amide bonds. The maximum Gasteiger partial charge on any atom is 0.332 e. The Morgan fingerprint density at radius 1 is 1.20 bits per heavy atom. The van der Waals surface area contributed by atoms with Gasteiger partial charge in [-0.1, -0.05) is 31.2 Å². The van der Waals surface area contributed by atoms with Crippen molar-refractivity contribution < 1.29 is 28.6 Å². The van der Waals surface area contributed by atoms with Gasteiger partial charge >= 0.3 is 5.97 Å². The van der Waals surface area contributed by atoms with Crippen LogP contribution in [0.5, 0.6) is 5.75 Å². The highest BCUT2D eigenvalue weighted by atomic mass is 16.5. The largest absolute Gasteiger partial charge is 0.497 e. The number of amides is 1. The molecule has 0 spiro atoms. The van der Waals surface area contributed by atoms with Gasteiger partial charge in [0.25, 0.3) is 5.91 Å². The predicted molar refractivity (Wildman–Crippen MR) is 110 cm³/mol. The second-order valence-corrected chi connectivity index (χ2v) is 7.37. The molecular weight excluding hydrogens is 386 g/mol. The number of benzene rings is 2. The van der Waals surface area contributed by atoms with Gasteiger partial charge < -0.3 is 24.3 Å². The van der Waals surface area contributed by atoms with Crippen LogP contribution in [0.1, 0.15) is 35.0 Å². The van der Waals surface area contributed by atoms with Crippen LogP contribution in [0.2, 0.25) is 0 Å². The van der Waals surface area contributed by atoms with Crippen LogP contribution in [0.4, 0.5) is 0 Å². The fourth-order valence-corrected chi connectivity index (χ4v) is 3.60. The molecular formula is C23H23NO6. The van der Waals surface area contributed by atoms with Crippen molar-refractivity contribution in [1.29, 1.82) is 0 Å². The summed E-state index contributed by atoms with van der Waals surface area (Å²) in [7, 11) is 1.55. The maximum atomic E-state index is 12.7. The lowest BCUT2D eigenvalue weighted by atomic mass is 10.1. The molecule has 0 bridgehead atoms.